The van der Waals surface area contributed by atoms with Crippen molar-refractivity contribution < 1.29 is 9.47 Å². The molecule has 3 heterocycles. The summed E-state index contributed by atoms with van der Waals surface area (Å²) in [6.07, 6.45) is 3.02. The van der Waals surface area contributed by atoms with E-state index in [9.17, 15) is 4.79 Å². The lowest BCUT2D eigenvalue weighted by Crippen LogP contribution is -2.31. The van der Waals surface area contributed by atoms with Gasteiger partial charge in [0, 0.05) is 17.0 Å². The maximum absolute atomic E-state index is 12.2. The minimum atomic E-state index is 0.0134. The van der Waals surface area contributed by atoms with Crippen LogP contribution in [0.5, 0.6) is 11.5 Å². The number of hydrogen-bond donors (Lipinski definition) is 2. The molecule has 1 atom stereocenters. The molecule has 5 heteroatoms. The van der Waals surface area contributed by atoms with Crippen molar-refractivity contribution >= 4 is 10.9 Å². The van der Waals surface area contributed by atoms with Crippen LogP contribution in [0.2, 0.25) is 0 Å². The average molecular weight is 405 g/mol. The van der Waals surface area contributed by atoms with Gasteiger partial charge in [0.25, 0.3) is 5.56 Å². The Balaban J connectivity index is 1.61. The Morgan fingerprint density at radius 1 is 0.967 bits per heavy atom. The Bertz CT molecular complexity index is 1120. The number of H-pyrrole nitrogens is 1. The normalized spacial score (nSPS) is 17.8. The zero-order valence-corrected chi connectivity index (χ0v) is 17.4. The maximum atomic E-state index is 12.2. The molecule has 30 heavy (non-hydrogen) atoms. The van der Waals surface area contributed by atoms with E-state index in [2.05, 4.69) is 40.6 Å². The first-order valence-electron chi connectivity index (χ1n) is 11.0. The number of rotatable bonds is 4. The molecule has 1 saturated heterocycles. The van der Waals surface area contributed by atoms with E-state index in [1.54, 1.807) is 0 Å². The summed E-state index contributed by atoms with van der Waals surface area (Å²) >= 11 is 0. The van der Waals surface area contributed by atoms with E-state index in [-0.39, 0.29) is 11.5 Å². The second-order valence-electron chi connectivity index (χ2n) is 8.29. The van der Waals surface area contributed by atoms with Crippen molar-refractivity contribution in [1.82, 2.24) is 10.3 Å². The third-order valence-corrected chi connectivity index (χ3v) is 6.47. The molecule has 0 saturated carbocycles. The first-order valence-corrected chi connectivity index (χ1v) is 11.0. The highest BCUT2D eigenvalue weighted by Gasteiger charge is 2.28. The lowest BCUT2D eigenvalue weighted by atomic mass is 9.76. The van der Waals surface area contributed by atoms with E-state index in [4.69, 9.17) is 9.47 Å². The monoisotopic (exact) mass is 404 g/mol. The zero-order chi connectivity index (χ0) is 20.5. The quantitative estimate of drug-likeness (QED) is 0.690. The van der Waals surface area contributed by atoms with Crippen LogP contribution in [0.4, 0.5) is 0 Å². The highest BCUT2D eigenvalue weighted by atomic mass is 16.6. The van der Waals surface area contributed by atoms with Crippen molar-refractivity contribution in [2.75, 3.05) is 26.3 Å². The number of fused-ring (bicyclic) bond motifs is 2. The lowest BCUT2D eigenvalue weighted by Gasteiger charge is -2.32. The topological polar surface area (TPSA) is 63.4 Å². The van der Waals surface area contributed by atoms with E-state index < -0.39 is 0 Å². The smallest absolute Gasteiger partial charge is 0.251 e. The largest absolute Gasteiger partial charge is 0.486 e. The second kappa shape index (κ2) is 8.15. The highest BCUT2D eigenvalue weighted by molar-refractivity contribution is 5.80. The third kappa shape index (κ3) is 3.58. The molecule has 5 nitrogen and oxygen atoms in total. The van der Waals surface area contributed by atoms with Gasteiger partial charge >= 0.3 is 0 Å². The zero-order valence-electron chi connectivity index (χ0n) is 17.4. The number of pyridine rings is 1. The van der Waals surface area contributed by atoms with Gasteiger partial charge < -0.3 is 19.8 Å². The van der Waals surface area contributed by atoms with Crippen molar-refractivity contribution in [3.63, 3.8) is 0 Å². The number of aromatic nitrogens is 1. The molecule has 2 aliphatic heterocycles. The van der Waals surface area contributed by atoms with Gasteiger partial charge in [-0.15, -0.1) is 0 Å². The molecular weight excluding hydrogens is 376 g/mol. The molecule has 1 aromatic heterocycles. The van der Waals surface area contributed by atoms with Crippen LogP contribution >= 0.6 is 0 Å². The van der Waals surface area contributed by atoms with Crippen LogP contribution in [0.1, 0.15) is 42.4 Å². The van der Waals surface area contributed by atoms with Gasteiger partial charge in [0.2, 0.25) is 0 Å². The minimum Gasteiger partial charge on any atom is -0.486 e. The summed E-state index contributed by atoms with van der Waals surface area (Å²) in [5, 5.41) is 4.59. The molecule has 0 aliphatic carbocycles. The molecule has 156 valence electrons. The molecule has 5 rings (SSSR count). The van der Waals surface area contributed by atoms with Crippen LogP contribution in [0.25, 0.3) is 10.9 Å². The Morgan fingerprint density at radius 2 is 1.70 bits per heavy atom. The summed E-state index contributed by atoms with van der Waals surface area (Å²) in [5.41, 5.74) is 4.30. The first-order chi connectivity index (χ1) is 14.7. The van der Waals surface area contributed by atoms with Crippen molar-refractivity contribution in [2.45, 2.75) is 32.1 Å². The van der Waals surface area contributed by atoms with Gasteiger partial charge in [-0.05, 0) is 85.1 Å². The average Bonchev–Trinajstić information content (AvgIpc) is 2.79. The molecule has 3 aromatic rings. The maximum Gasteiger partial charge on any atom is 0.251 e. The van der Waals surface area contributed by atoms with Crippen molar-refractivity contribution in [3.8, 4) is 11.5 Å². The number of aromatic amines is 1. The number of benzene rings is 2. The number of nitrogens with one attached hydrogen (secondary N) is 2. The fourth-order valence-electron chi connectivity index (χ4n) is 4.89. The Hall–Kier alpha value is -2.79. The van der Waals surface area contributed by atoms with E-state index in [0.29, 0.717) is 19.1 Å². The second-order valence-corrected chi connectivity index (χ2v) is 8.29. The van der Waals surface area contributed by atoms with Gasteiger partial charge in [0.05, 0.1) is 0 Å². The molecule has 1 unspecified atom stereocenters. The number of hydrogen-bond acceptors (Lipinski definition) is 4. The Kier molecular flexibility index (Phi) is 5.21. The van der Waals surface area contributed by atoms with E-state index in [0.717, 1.165) is 60.3 Å². The molecule has 2 aromatic carbocycles. The molecule has 0 bridgehead atoms. The fraction of sp³-hybridized carbons (Fsp3) is 0.400. The van der Waals surface area contributed by atoms with E-state index in [1.807, 2.05) is 19.1 Å². The highest BCUT2D eigenvalue weighted by Crippen LogP contribution is 2.41. The predicted octanol–water partition coefficient (Wildman–Crippen LogP) is 3.99. The Labute approximate surface area is 176 Å². The van der Waals surface area contributed by atoms with Gasteiger partial charge in [-0.3, -0.25) is 4.79 Å². The van der Waals surface area contributed by atoms with Crippen molar-refractivity contribution in [3.05, 3.63) is 69.5 Å². The summed E-state index contributed by atoms with van der Waals surface area (Å²) in [4.78, 5) is 15.2. The Morgan fingerprint density at radius 3 is 2.50 bits per heavy atom. The summed E-state index contributed by atoms with van der Waals surface area (Å²) in [6.45, 7) is 5.32. The number of ether oxygens (including phenoxy) is 2. The van der Waals surface area contributed by atoms with Crippen LogP contribution in [0.15, 0.2) is 47.3 Å². The van der Waals surface area contributed by atoms with Crippen LogP contribution in [0.3, 0.4) is 0 Å². The molecular formula is C25H28N2O3. The molecule has 0 spiro atoms. The SMILES string of the molecule is CCc1cc2cc(C(c3ccc4c(c3)OCCO4)C3CCNCC3)ccc2[nH]c1=O. The minimum absolute atomic E-state index is 0.0134. The fourth-order valence-corrected chi connectivity index (χ4v) is 4.89. The van der Waals surface area contributed by atoms with Crippen LogP contribution in [0, 0.1) is 5.92 Å². The predicted molar refractivity (Wildman–Crippen MR) is 119 cm³/mol. The van der Waals surface area contributed by atoms with Crippen molar-refractivity contribution in [2.24, 2.45) is 5.92 Å². The first kappa shape index (κ1) is 19.2. The number of aryl methyl sites for hydroxylation is 1. The van der Waals surface area contributed by atoms with Crippen molar-refractivity contribution in [1.29, 1.82) is 0 Å². The molecule has 2 N–H and O–H groups in total. The lowest BCUT2D eigenvalue weighted by molar-refractivity contribution is 0.171. The van der Waals surface area contributed by atoms with Gasteiger partial charge in [-0.25, -0.2) is 0 Å². The van der Waals surface area contributed by atoms with Gasteiger partial charge in [-0.1, -0.05) is 19.1 Å². The van der Waals surface area contributed by atoms with Crippen LogP contribution < -0.4 is 20.3 Å². The summed E-state index contributed by atoms with van der Waals surface area (Å²) in [7, 11) is 0. The summed E-state index contributed by atoms with van der Waals surface area (Å²) in [5.74, 6) is 2.51. The van der Waals surface area contributed by atoms with Crippen LogP contribution in [-0.2, 0) is 6.42 Å². The molecule has 0 amide bonds. The molecule has 2 aliphatic rings. The third-order valence-electron chi connectivity index (χ3n) is 6.47. The standard InChI is InChI=1S/C25H28N2O3/c1-2-16-13-20-14-18(3-5-21(20)27-25(16)28)24(17-7-9-26-10-8-17)19-4-6-22-23(15-19)30-12-11-29-22/h3-6,13-15,17,24,26H,2,7-12H2,1H3,(H,27,28). The number of piperidine rings is 1. The van der Waals surface area contributed by atoms with E-state index in [1.165, 1.54) is 11.1 Å². The van der Waals surface area contributed by atoms with Gasteiger partial charge in [0.1, 0.15) is 13.2 Å². The van der Waals surface area contributed by atoms with Gasteiger partial charge in [-0.2, -0.15) is 0 Å². The summed E-state index contributed by atoms with van der Waals surface area (Å²) in [6, 6.07) is 14.9. The molecule has 0 radical (unpaired) electrons. The van der Waals surface area contributed by atoms with E-state index >= 15 is 0 Å². The summed E-state index contributed by atoms with van der Waals surface area (Å²) < 4.78 is 11.6. The van der Waals surface area contributed by atoms with Crippen LogP contribution in [-0.4, -0.2) is 31.3 Å². The molecule has 1 fully saturated rings. The van der Waals surface area contributed by atoms with Gasteiger partial charge in [0.15, 0.2) is 11.5 Å².